The number of non-ortho nitro benzene ring substituents is 1. The third-order valence-corrected chi connectivity index (χ3v) is 4.75. The minimum Gasteiger partial charge on any atom is -0.446 e. The fraction of sp³-hybridized carbons (Fsp3) is 0.222. The number of alkyl halides is 4. The van der Waals surface area contributed by atoms with Gasteiger partial charge in [0.2, 0.25) is 5.83 Å². The number of halogens is 5. The van der Waals surface area contributed by atoms with E-state index in [0.29, 0.717) is 24.3 Å². The van der Waals surface area contributed by atoms with Crippen molar-refractivity contribution in [1.82, 2.24) is 0 Å². The van der Waals surface area contributed by atoms with Gasteiger partial charge in [-0.1, -0.05) is 18.2 Å². The molecule has 16 heteroatoms. The predicted molar refractivity (Wildman–Crippen MR) is 99.3 cm³/mol. The van der Waals surface area contributed by atoms with Crippen LogP contribution in [0.4, 0.5) is 27.6 Å². The van der Waals surface area contributed by atoms with Crippen LogP contribution in [0.2, 0.25) is 0 Å². The lowest BCUT2D eigenvalue weighted by Crippen LogP contribution is -2.79. The van der Waals surface area contributed by atoms with E-state index in [4.69, 9.17) is 0 Å². The van der Waals surface area contributed by atoms with Crippen LogP contribution < -0.4 is 9.47 Å². The van der Waals surface area contributed by atoms with Gasteiger partial charge in [0.25, 0.3) is 5.69 Å². The number of hydrogen-bond acceptors (Lipinski definition) is 8. The maximum atomic E-state index is 15.9. The molecule has 0 fully saturated rings. The normalized spacial score (nSPS) is 30.7. The highest BCUT2D eigenvalue weighted by Crippen LogP contribution is 2.58. The van der Waals surface area contributed by atoms with Crippen LogP contribution in [-0.4, -0.2) is 38.1 Å². The molecule has 0 aliphatic heterocycles. The topological polar surface area (TPSA) is 148 Å². The van der Waals surface area contributed by atoms with Gasteiger partial charge < -0.3 is 9.47 Å². The molecular weight excluding hydrogens is 481 g/mol. The molecule has 0 heterocycles. The first-order valence-electron chi connectivity index (χ1n) is 8.84. The molecule has 3 rings (SSSR count). The fourth-order valence-corrected chi connectivity index (χ4v) is 3.08. The molecule has 0 saturated heterocycles. The van der Waals surface area contributed by atoms with Crippen molar-refractivity contribution in [1.29, 1.82) is 0 Å². The molecule has 180 valence electrons. The maximum Gasteiger partial charge on any atom is 0.511 e. The monoisotopic (exact) mass is 491 g/mol. The van der Waals surface area contributed by atoms with Crippen molar-refractivity contribution in [2.75, 3.05) is 0 Å². The second kappa shape index (κ2) is 7.89. The first kappa shape index (κ1) is 24.3. The van der Waals surface area contributed by atoms with Crippen LogP contribution >= 0.6 is 0 Å². The van der Waals surface area contributed by atoms with E-state index in [1.807, 2.05) is 0 Å². The number of benzene rings is 2. The summed E-state index contributed by atoms with van der Waals surface area (Å²) >= 11 is 0. The van der Waals surface area contributed by atoms with Gasteiger partial charge in [0, 0.05) is 18.2 Å². The first-order valence-corrected chi connectivity index (χ1v) is 8.84. The van der Waals surface area contributed by atoms with Gasteiger partial charge in [-0.2, -0.15) is 17.6 Å². The SMILES string of the molecule is O=[N+]([O-])c1ccc(OC2(F)C=C(F)C(F)([N+](=O)[O-])C(F)(Oc3ccccc3)C2(F)[N+](=O)[O-])cc1. The minimum atomic E-state index is -5.64. The van der Waals surface area contributed by atoms with Crippen molar-refractivity contribution in [2.24, 2.45) is 0 Å². The minimum absolute atomic E-state index is 0.578. The van der Waals surface area contributed by atoms with Gasteiger partial charge in [0.1, 0.15) is 11.5 Å². The zero-order valence-corrected chi connectivity index (χ0v) is 16.3. The predicted octanol–water partition coefficient (Wildman–Crippen LogP) is 4.14. The van der Waals surface area contributed by atoms with Gasteiger partial charge in [-0.15, -0.1) is 0 Å². The smallest absolute Gasteiger partial charge is 0.446 e. The molecule has 4 unspecified atom stereocenters. The number of ether oxygens (including phenoxy) is 2. The van der Waals surface area contributed by atoms with Crippen LogP contribution in [-0.2, 0) is 0 Å². The molecule has 4 atom stereocenters. The van der Waals surface area contributed by atoms with Gasteiger partial charge in [-0.25, -0.2) is 4.39 Å². The van der Waals surface area contributed by atoms with Crippen LogP contribution in [0.1, 0.15) is 0 Å². The Morgan fingerprint density at radius 3 is 1.74 bits per heavy atom. The third kappa shape index (κ3) is 3.25. The Hall–Kier alpha value is -4.37. The molecule has 0 bridgehead atoms. The first-order chi connectivity index (χ1) is 15.7. The van der Waals surface area contributed by atoms with E-state index < -0.39 is 67.2 Å². The fourth-order valence-electron chi connectivity index (χ4n) is 3.08. The average Bonchev–Trinajstić information content (AvgIpc) is 2.77. The van der Waals surface area contributed by atoms with Crippen molar-refractivity contribution in [3.63, 3.8) is 0 Å². The number of rotatable bonds is 7. The maximum absolute atomic E-state index is 15.9. The van der Waals surface area contributed by atoms with E-state index in [-0.39, 0.29) is 0 Å². The summed E-state index contributed by atoms with van der Waals surface area (Å²) in [4.78, 5) is 27.8. The molecule has 34 heavy (non-hydrogen) atoms. The Balaban J connectivity index is 2.26. The summed E-state index contributed by atoms with van der Waals surface area (Å²) < 4.78 is 85.9. The Bertz CT molecular complexity index is 1190. The lowest BCUT2D eigenvalue weighted by Gasteiger charge is -2.42. The van der Waals surface area contributed by atoms with Crippen LogP contribution in [0.15, 0.2) is 66.5 Å². The molecule has 2 aromatic carbocycles. The molecule has 1 aliphatic rings. The van der Waals surface area contributed by atoms with Gasteiger partial charge in [0.15, 0.2) is 0 Å². The van der Waals surface area contributed by atoms with Gasteiger partial charge in [-0.3, -0.25) is 30.3 Å². The van der Waals surface area contributed by atoms with Gasteiger partial charge in [-0.05, 0) is 24.3 Å². The summed E-state index contributed by atoms with van der Waals surface area (Å²) in [5.74, 6) is -26.5. The van der Waals surface area contributed by atoms with Crippen LogP contribution in [0.25, 0.3) is 0 Å². The average molecular weight is 491 g/mol. The summed E-state index contributed by atoms with van der Waals surface area (Å²) in [6.45, 7) is 0. The standard InChI is InChI=1S/C18H10F5N3O8/c19-14-10-15(20,33-13-8-6-11(7-9-13)24(27)28)17(22,26(31)32)18(23,16(14,21)25(29)30)34-12-4-2-1-3-5-12/h1-10H. The molecule has 2 aromatic rings. The largest absolute Gasteiger partial charge is 0.511 e. The van der Waals surface area contributed by atoms with Crippen molar-refractivity contribution >= 4 is 5.69 Å². The number of hydrogen-bond donors (Lipinski definition) is 0. The molecule has 0 N–H and O–H groups in total. The van der Waals surface area contributed by atoms with Gasteiger partial charge in [0.05, 0.1) is 14.8 Å². The Kier molecular flexibility index (Phi) is 5.63. The lowest BCUT2D eigenvalue weighted by atomic mass is 9.82. The summed E-state index contributed by atoms with van der Waals surface area (Å²) in [6, 6.07) is 7.35. The molecule has 0 radical (unpaired) electrons. The van der Waals surface area contributed by atoms with Crippen LogP contribution in [0.5, 0.6) is 11.5 Å². The van der Waals surface area contributed by atoms with E-state index in [0.717, 1.165) is 24.3 Å². The van der Waals surface area contributed by atoms with E-state index in [9.17, 15) is 34.7 Å². The summed E-state index contributed by atoms with van der Waals surface area (Å²) in [6.07, 6.45) is -0.952. The molecule has 0 saturated carbocycles. The zero-order chi connectivity index (χ0) is 25.5. The quantitative estimate of drug-likeness (QED) is 0.243. The van der Waals surface area contributed by atoms with E-state index in [1.165, 1.54) is 6.07 Å². The highest BCUT2D eigenvalue weighted by Gasteiger charge is 2.97. The Labute approximate surface area is 184 Å². The van der Waals surface area contributed by atoms with Crippen molar-refractivity contribution in [3.8, 4) is 11.5 Å². The summed E-state index contributed by atoms with van der Waals surface area (Å²) in [5, 5.41) is 33.6. The molecule has 1 aliphatic carbocycles. The van der Waals surface area contributed by atoms with Crippen molar-refractivity contribution < 1.29 is 46.2 Å². The molecular formula is C18H10F5N3O8. The van der Waals surface area contributed by atoms with Gasteiger partial charge >= 0.3 is 23.3 Å². The van der Waals surface area contributed by atoms with E-state index >= 15 is 17.6 Å². The molecule has 0 amide bonds. The van der Waals surface area contributed by atoms with Crippen LogP contribution in [0.3, 0.4) is 0 Å². The van der Waals surface area contributed by atoms with Crippen molar-refractivity contribution in [3.05, 3.63) is 96.8 Å². The second-order valence-electron chi connectivity index (χ2n) is 6.76. The molecule has 0 aromatic heterocycles. The van der Waals surface area contributed by atoms with E-state index in [1.54, 1.807) is 0 Å². The van der Waals surface area contributed by atoms with Crippen LogP contribution in [0, 0.1) is 30.3 Å². The number of nitro groups is 3. The molecule has 0 spiro atoms. The Morgan fingerprint density at radius 1 is 0.735 bits per heavy atom. The number of nitrogens with zero attached hydrogens (tertiary/aromatic N) is 3. The van der Waals surface area contributed by atoms with E-state index in [2.05, 4.69) is 9.47 Å². The highest BCUT2D eigenvalue weighted by atomic mass is 19.2. The third-order valence-electron chi connectivity index (χ3n) is 4.75. The Morgan fingerprint density at radius 2 is 1.26 bits per heavy atom. The lowest BCUT2D eigenvalue weighted by molar-refractivity contribution is -0.721. The summed E-state index contributed by atoms with van der Waals surface area (Å²) in [5.41, 5.74) is -0.602. The van der Waals surface area contributed by atoms with Crippen molar-refractivity contribution in [2.45, 2.75) is 23.3 Å². The number of nitro benzene ring substituents is 1. The number of para-hydroxylation sites is 1. The molecule has 11 nitrogen and oxygen atoms in total. The highest BCUT2D eigenvalue weighted by molar-refractivity contribution is 5.38. The second-order valence-corrected chi connectivity index (χ2v) is 6.76. The zero-order valence-electron chi connectivity index (χ0n) is 16.3. The summed E-state index contributed by atoms with van der Waals surface area (Å²) in [7, 11) is 0.